The molecule has 0 radical (unpaired) electrons. The second-order valence-electron chi connectivity index (χ2n) is 4.07. The van der Waals surface area contributed by atoms with Crippen molar-refractivity contribution in [2.75, 3.05) is 0 Å². The molecule has 0 bridgehead atoms. The van der Waals surface area contributed by atoms with Gasteiger partial charge in [-0.3, -0.25) is 4.79 Å². The predicted octanol–water partition coefficient (Wildman–Crippen LogP) is 1.79. The van der Waals surface area contributed by atoms with E-state index in [-0.39, 0.29) is 15.5 Å². The van der Waals surface area contributed by atoms with Crippen LogP contribution in [-0.4, -0.2) is 13.4 Å². The van der Waals surface area contributed by atoms with Crippen molar-refractivity contribution in [3.05, 3.63) is 63.0 Å². The third kappa shape index (κ3) is 3.66. The molecule has 9 heteroatoms. The van der Waals surface area contributed by atoms with Gasteiger partial charge in [-0.25, -0.2) is 21.9 Å². The molecule has 1 aromatic heterocycles. The van der Waals surface area contributed by atoms with Gasteiger partial charge in [-0.15, -0.1) is 0 Å². The van der Waals surface area contributed by atoms with Gasteiger partial charge in [0.2, 0.25) is 10.0 Å². The van der Waals surface area contributed by atoms with Gasteiger partial charge in [-0.1, -0.05) is 11.6 Å². The van der Waals surface area contributed by atoms with E-state index in [2.05, 4.69) is 9.71 Å². The van der Waals surface area contributed by atoms with Crippen molar-refractivity contribution in [1.29, 1.82) is 0 Å². The van der Waals surface area contributed by atoms with Gasteiger partial charge < -0.3 is 4.98 Å². The Kier molecular flexibility index (Phi) is 4.40. The number of sulfonamides is 1. The van der Waals surface area contributed by atoms with Crippen LogP contribution in [0.25, 0.3) is 0 Å². The molecule has 21 heavy (non-hydrogen) atoms. The maximum Gasteiger partial charge on any atom is 0.266 e. The van der Waals surface area contributed by atoms with Gasteiger partial charge in [0.25, 0.3) is 5.56 Å². The molecule has 5 nitrogen and oxygen atoms in total. The van der Waals surface area contributed by atoms with Crippen LogP contribution in [-0.2, 0) is 16.6 Å². The van der Waals surface area contributed by atoms with Crippen molar-refractivity contribution in [2.45, 2.75) is 11.4 Å². The molecule has 0 saturated heterocycles. The highest BCUT2D eigenvalue weighted by molar-refractivity contribution is 7.89. The van der Waals surface area contributed by atoms with Gasteiger partial charge in [0.15, 0.2) is 0 Å². The summed E-state index contributed by atoms with van der Waals surface area (Å²) in [4.78, 5) is 12.9. The quantitative estimate of drug-likeness (QED) is 0.894. The lowest BCUT2D eigenvalue weighted by atomic mass is 10.2. The number of rotatable bonds is 4. The maximum absolute atomic E-state index is 13.4. The molecule has 1 heterocycles. The number of H-pyrrole nitrogens is 1. The van der Waals surface area contributed by atoms with E-state index < -0.39 is 33.8 Å². The van der Waals surface area contributed by atoms with E-state index in [1.807, 2.05) is 0 Å². The third-order valence-corrected chi connectivity index (χ3v) is 4.26. The molecule has 0 unspecified atom stereocenters. The number of hydrogen-bond acceptors (Lipinski definition) is 3. The van der Waals surface area contributed by atoms with Crippen LogP contribution >= 0.6 is 11.6 Å². The van der Waals surface area contributed by atoms with E-state index >= 15 is 0 Å². The number of aromatic nitrogens is 1. The monoisotopic (exact) mass is 334 g/mol. The molecule has 2 aromatic rings. The largest absolute Gasteiger partial charge is 0.326 e. The molecule has 0 aliphatic carbocycles. The highest BCUT2D eigenvalue weighted by Gasteiger charge is 2.16. The smallest absolute Gasteiger partial charge is 0.266 e. The Labute approximate surface area is 123 Å². The van der Waals surface area contributed by atoms with Crippen LogP contribution in [0.4, 0.5) is 8.78 Å². The Morgan fingerprint density at radius 3 is 2.62 bits per heavy atom. The molecule has 0 aliphatic rings. The highest BCUT2D eigenvalue weighted by atomic mass is 35.5. The van der Waals surface area contributed by atoms with Crippen LogP contribution in [0.2, 0.25) is 5.02 Å². The normalized spacial score (nSPS) is 11.6. The molecule has 0 amide bonds. The summed E-state index contributed by atoms with van der Waals surface area (Å²) < 4.78 is 52.4. The zero-order valence-electron chi connectivity index (χ0n) is 10.4. The van der Waals surface area contributed by atoms with Crippen LogP contribution < -0.4 is 10.3 Å². The molecule has 0 atom stereocenters. The van der Waals surface area contributed by atoms with E-state index in [4.69, 9.17) is 11.6 Å². The lowest BCUT2D eigenvalue weighted by molar-refractivity contribution is 0.566. The summed E-state index contributed by atoms with van der Waals surface area (Å²) >= 11 is 5.54. The van der Waals surface area contributed by atoms with Crippen LogP contribution in [0.5, 0.6) is 0 Å². The minimum absolute atomic E-state index is 0.144. The zero-order chi connectivity index (χ0) is 15.6. The van der Waals surface area contributed by atoms with Crippen LogP contribution in [0.15, 0.2) is 40.2 Å². The Balaban J connectivity index is 2.23. The average Bonchev–Trinajstić information content (AvgIpc) is 2.43. The molecular weight excluding hydrogens is 326 g/mol. The second kappa shape index (κ2) is 5.92. The molecular formula is C12H9ClF2N2O3S. The standard InChI is InChI=1S/C12H9ClF2N2O3S/c13-10-4-9(6-16-12(10)18)21(19,20)17-5-7-3-8(14)1-2-11(7)15/h1-4,6,17H,5H2,(H,16,18). The van der Waals surface area contributed by atoms with Gasteiger partial charge >= 0.3 is 0 Å². The first-order valence-electron chi connectivity index (χ1n) is 5.61. The number of aromatic amines is 1. The SMILES string of the molecule is O=c1[nH]cc(S(=O)(=O)NCc2cc(F)ccc2F)cc1Cl. The van der Waals surface area contributed by atoms with Crippen molar-refractivity contribution in [2.24, 2.45) is 0 Å². The summed E-state index contributed by atoms with van der Waals surface area (Å²) in [5.74, 6) is -1.42. The minimum Gasteiger partial charge on any atom is -0.326 e. The summed E-state index contributed by atoms with van der Waals surface area (Å²) in [6.07, 6.45) is 0.957. The maximum atomic E-state index is 13.4. The lowest BCUT2D eigenvalue weighted by Crippen LogP contribution is -2.24. The van der Waals surface area contributed by atoms with Gasteiger partial charge in [0, 0.05) is 18.3 Å². The highest BCUT2D eigenvalue weighted by Crippen LogP contribution is 2.13. The third-order valence-electron chi connectivity index (χ3n) is 2.60. The summed E-state index contributed by atoms with van der Waals surface area (Å²) in [7, 11) is -4.02. The van der Waals surface area contributed by atoms with E-state index in [0.29, 0.717) is 0 Å². The Bertz CT molecular complexity index is 837. The molecule has 2 rings (SSSR count). The van der Waals surface area contributed by atoms with E-state index in [0.717, 1.165) is 30.5 Å². The Hall–Kier alpha value is -1.77. The van der Waals surface area contributed by atoms with Crippen LogP contribution in [0.1, 0.15) is 5.56 Å². The fourth-order valence-corrected chi connectivity index (χ4v) is 2.76. The van der Waals surface area contributed by atoms with Gasteiger partial charge in [0.1, 0.15) is 16.7 Å². The molecule has 0 aliphatic heterocycles. The molecule has 1 aromatic carbocycles. The molecule has 112 valence electrons. The Morgan fingerprint density at radius 1 is 1.24 bits per heavy atom. The fourth-order valence-electron chi connectivity index (χ4n) is 1.53. The van der Waals surface area contributed by atoms with Crippen molar-refractivity contribution in [1.82, 2.24) is 9.71 Å². The van der Waals surface area contributed by atoms with E-state index in [1.54, 1.807) is 0 Å². The number of hydrogen-bond donors (Lipinski definition) is 2. The van der Waals surface area contributed by atoms with Gasteiger partial charge in [-0.2, -0.15) is 0 Å². The first-order chi connectivity index (χ1) is 9.79. The summed E-state index contributed by atoms with van der Waals surface area (Å²) in [6.45, 7) is -0.442. The topological polar surface area (TPSA) is 79.0 Å². The molecule has 2 N–H and O–H groups in total. The minimum atomic E-state index is -4.02. The molecule has 0 fully saturated rings. The van der Waals surface area contributed by atoms with Crippen molar-refractivity contribution >= 4 is 21.6 Å². The van der Waals surface area contributed by atoms with Crippen molar-refractivity contribution in [3.8, 4) is 0 Å². The zero-order valence-corrected chi connectivity index (χ0v) is 11.9. The van der Waals surface area contributed by atoms with Crippen molar-refractivity contribution < 1.29 is 17.2 Å². The lowest BCUT2D eigenvalue weighted by Gasteiger charge is -2.08. The van der Waals surface area contributed by atoms with Crippen LogP contribution in [0, 0.1) is 11.6 Å². The number of halogens is 3. The summed E-state index contributed by atoms with van der Waals surface area (Å²) in [5.41, 5.74) is -0.777. The molecule has 0 saturated carbocycles. The van der Waals surface area contributed by atoms with Crippen LogP contribution in [0.3, 0.4) is 0 Å². The number of pyridine rings is 1. The van der Waals surface area contributed by atoms with Gasteiger partial charge in [-0.05, 0) is 24.3 Å². The first kappa shape index (κ1) is 15.6. The molecule has 0 spiro atoms. The van der Waals surface area contributed by atoms with E-state index in [9.17, 15) is 22.0 Å². The number of benzene rings is 1. The Morgan fingerprint density at radius 2 is 1.95 bits per heavy atom. The summed E-state index contributed by atoms with van der Waals surface area (Å²) in [6, 6.07) is 3.67. The van der Waals surface area contributed by atoms with Crippen molar-refractivity contribution in [3.63, 3.8) is 0 Å². The second-order valence-corrected chi connectivity index (χ2v) is 6.25. The predicted molar refractivity (Wildman–Crippen MR) is 72.5 cm³/mol. The summed E-state index contributed by atoms with van der Waals surface area (Å²) in [5, 5.41) is -0.296. The first-order valence-corrected chi connectivity index (χ1v) is 7.47. The average molecular weight is 335 g/mol. The van der Waals surface area contributed by atoms with E-state index in [1.165, 1.54) is 0 Å². The fraction of sp³-hybridized carbons (Fsp3) is 0.0833. The van der Waals surface area contributed by atoms with Gasteiger partial charge in [0.05, 0.1) is 4.90 Å². The number of nitrogens with one attached hydrogen (secondary N) is 2.